The Bertz CT molecular complexity index is 907. The Morgan fingerprint density at radius 2 is 1.41 bits per heavy atom. The van der Waals surface area contributed by atoms with Crippen LogP contribution in [0, 0.1) is 19.3 Å². The standard InChI is InChI=1S/C29H44O5/c1-8-29(9-2,23-11-10-22(20(3)14-23)18-33-25(16-30)17-31)24-12-13-26(21(4)15-24)34-19-27(32)28(5,6)7/h10-15,25,27,30-32H,8-9,16-19H2,1-7H3/t27-/m0/s1. The average molecular weight is 473 g/mol. The molecule has 0 heterocycles. The van der Waals surface area contributed by atoms with Gasteiger partial charge in [-0.25, -0.2) is 0 Å². The number of rotatable bonds is 12. The molecule has 5 heteroatoms. The predicted molar refractivity (Wildman–Crippen MR) is 137 cm³/mol. The first-order chi connectivity index (χ1) is 16.0. The largest absolute Gasteiger partial charge is 0.491 e. The molecule has 190 valence electrons. The van der Waals surface area contributed by atoms with Crippen LogP contribution in [0.4, 0.5) is 0 Å². The molecule has 0 saturated heterocycles. The summed E-state index contributed by atoms with van der Waals surface area (Å²) in [6.07, 6.45) is 0.821. The van der Waals surface area contributed by atoms with Crippen LogP contribution >= 0.6 is 0 Å². The van der Waals surface area contributed by atoms with Crippen LogP contribution in [-0.4, -0.2) is 47.3 Å². The molecule has 0 spiro atoms. The fraction of sp³-hybridized carbons (Fsp3) is 0.586. The summed E-state index contributed by atoms with van der Waals surface area (Å²) in [6, 6.07) is 12.9. The molecule has 0 unspecified atom stereocenters. The van der Waals surface area contributed by atoms with Crippen molar-refractivity contribution in [3.63, 3.8) is 0 Å². The topological polar surface area (TPSA) is 79.2 Å². The fourth-order valence-electron chi connectivity index (χ4n) is 4.29. The number of aliphatic hydroxyl groups excluding tert-OH is 3. The van der Waals surface area contributed by atoms with Gasteiger partial charge >= 0.3 is 0 Å². The van der Waals surface area contributed by atoms with E-state index in [2.05, 4.69) is 58.0 Å². The molecule has 2 rings (SSSR count). The molecule has 0 aliphatic carbocycles. The summed E-state index contributed by atoms with van der Waals surface area (Å²) in [5.74, 6) is 0.805. The number of ether oxygens (including phenoxy) is 2. The van der Waals surface area contributed by atoms with Crippen molar-refractivity contribution in [3.05, 3.63) is 64.2 Å². The fourth-order valence-corrected chi connectivity index (χ4v) is 4.29. The van der Waals surface area contributed by atoms with E-state index in [0.717, 1.165) is 35.3 Å². The first-order valence-electron chi connectivity index (χ1n) is 12.4. The average Bonchev–Trinajstić information content (AvgIpc) is 2.80. The molecule has 2 aromatic carbocycles. The quantitative estimate of drug-likeness (QED) is 0.402. The molecule has 0 saturated carbocycles. The highest BCUT2D eigenvalue weighted by molar-refractivity contribution is 5.47. The van der Waals surface area contributed by atoms with Crippen LogP contribution in [0.15, 0.2) is 36.4 Å². The zero-order chi connectivity index (χ0) is 25.5. The lowest BCUT2D eigenvalue weighted by Crippen LogP contribution is -2.32. The number of aryl methyl sites for hydroxylation is 2. The van der Waals surface area contributed by atoms with E-state index < -0.39 is 12.2 Å². The Morgan fingerprint density at radius 1 is 0.853 bits per heavy atom. The van der Waals surface area contributed by atoms with Crippen molar-refractivity contribution in [1.82, 2.24) is 0 Å². The molecule has 34 heavy (non-hydrogen) atoms. The molecule has 0 aromatic heterocycles. The number of hydrogen-bond donors (Lipinski definition) is 3. The van der Waals surface area contributed by atoms with E-state index in [0.29, 0.717) is 6.61 Å². The Balaban J connectivity index is 2.30. The Kier molecular flexibility index (Phi) is 10.1. The van der Waals surface area contributed by atoms with Crippen LogP contribution < -0.4 is 4.74 Å². The van der Waals surface area contributed by atoms with Gasteiger partial charge in [0.05, 0.1) is 25.9 Å². The maximum Gasteiger partial charge on any atom is 0.122 e. The Hall–Kier alpha value is -1.92. The number of benzene rings is 2. The van der Waals surface area contributed by atoms with E-state index >= 15 is 0 Å². The predicted octanol–water partition coefficient (Wildman–Crippen LogP) is 5.07. The zero-order valence-electron chi connectivity index (χ0n) is 22.0. The monoisotopic (exact) mass is 472 g/mol. The van der Waals surface area contributed by atoms with Gasteiger partial charge in [0.1, 0.15) is 18.5 Å². The third-order valence-corrected chi connectivity index (χ3v) is 7.11. The minimum absolute atomic E-state index is 0.128. The molecule has 0 bridgehead atoms. The van der Waals surface area contributed by atoms with Crippen molar-refractivity contribution < 1.29 is 24.8 Å². The van der Waals surface area contributed by atoms with Crippen LogP contribution in [0.2, 0.25) is 0 Å². The summed E-state index contributed by atoms with van der Waals surface area (Å²) in [4.78, 5) is 0. The summed E-state index contributed by atoms with van der Waals surface area (Å²) in [7, 11) is 0. The molecule has 0 amide bonds. The SMILES string of the molecule is CCC(CC)(c1ccc(COC(CO)CO)c(C)c1)c1ccc(OC[C@H](O)C(C)(C)C)c(C)c1. The molecule has 0 fully saturated rings. The molecular formula is C29H44O5. The highest BCUT2D eigenvalue weighted by atomic mass is 16.5. The van der Waals surface area contributed by atoms with Gasteiger partial charge in [-0.05, 0) is 66.0 Å². The molecule has 5 nitrogen and oxygen atoms in total. The van der Waals surface area contributed by atoms with Gasteiger partial charge in [-0.1, -0.05) is 65.0 Å². The number of hydrogen-bond acceptors (Lipinski definition) is 5. The molecule has 0 aliphatic heterocycles. The Labute approximate surface area is 205 Å². The first kappa shape index (κ1) is 28.3. The second-order valence-corrected chi connectivity index (χ2v) is 10.4. The smallest absolute Gasteiger partial charge is 0.122 e. The van der Waals surface area contributed by atoms with Crippen LogP contribution in [-0.2, 0) is 16.8 Å². The second kappa shape index (κ2) is 12.2. The highest BCUT2D eigenvalue weighted by Gasteiger charge is 2.31. The molecular weight excluding hydrogens is 428 g/mol. The van der Waals surface area contributed by atoms with Gasteiger partial charge in [0, 0.05) is 5.41 Å². The van der Waals surface area contributed by atoms with Gasteiger partial charge in [-0.15, -0.1) is 0 Å². The molecule has 1 atom stereocenters. The lowest BCUT2D eigenvalue weighted by molar-refractivity contribution is -0.0286. The third-order valence-electron chi connectivity index (χ3n) is 7.11. The van der Waals surface area contributed by atoms with Gasteiger partial charge in [-0.3, -0.25) is 0 Å². The lowest BCUT2D eigenvalue weighted by atomic mass is 9.70. The van der Waals surface area contributed by atoms with Crippen LogP contribution in [0.25, 0.3) is 0 Å². The maximum atomic E-state index is 10.3. The molecule has 0 radical (unpaired) electrons. The third kappa shape index (κ3) is 6.60. The summed E-state index contributed by atoms with van der Waals surface area (Å²) >= 11 is 0. The normalized spacial score (nSPS) is 13.4. The van der Waals surface area contributed by atoms with Crippen LogP contribution in [0.1, 0.15) is 75.3 Å². The van der Waals surface area contributed by atoms with Crippen molar-refractivity contribution in [2.24, 2.45) is 5.41 Å². The van der Waals surface area contributed by atoms with Crippen molar-refractivity contribution in [2.75, 3.05) is 19.8 Å². The van der Waals surface area contributed by atoms with Gasteiger partial charge in [0.25, 0.3) is 0 Å². The van der Waals surface area contributed by atoms with Crippen molar-refractivity contribution >= 4 is 0 Å². The van der Waals surface area contributed by atoms with E-state index in [1.165, 1.54) is 11.1 Å². The summed E-state index contributed by atoms with van der Waals surface area (Å²) < 4.78 is 11.6. The van der Waals surface area contributed by atoms with Gasteiger partial charge in [0.2, 0.25) is 0 Å². The van der Waals surface area contributed by atoms with Crippen LogP contribution in [0.5, 0.6) is 5.75 Å². The van der Waals surface area contributed by atoms with E-state index in [-0.39, 0.29) is 30.7 Å². The summed E-state index contributed by atoms with van der Waals surface area (Å²) in [5.41, 5.74) is 5.40. The highest BCUT2D eigenvalue weighted by Crippen LogP contribution is 2.41. The summed E-state index contributed by atoms with van der Waals surface area (Å²) in [5, 5.41) is 28.8. The maximum absolute atomic E-state index is 10.3. The van der Waals surface area contributed by atoms with E-state index in [4.69, 9.17) is 9.47 Å². The summed E-state index contributed by atoms with van der Waals surface area (Å²) in [6.45, 7) is 14.8. The Morgan fingerprint density at radius 3 is 1.88 bits per heavy atom. The van der Waals surface area contributed by atoms with Gasteiger partial charge in [0.15, 0.2) is 0 Å². The molecule has 3 N–H and O–H groups in total. The first-order valence-corrected chi connectivity index (χ1v) is 12.4. The van der Waals surface area contributed by atoms with E-state index in [1.807, 2.05) is 26.8 Å². The van der Waals surface area contributed by atoms with E-state index in [1.54, 1.807) is 0 Å². The van der Waals surface area contributed by atoms with Crippen molar-refractivity contribution in [3.8, 4) is 5.75 Å². The zero-order valence-corrected chi connectivity index (χ0v) is 22.0. The molecule has 2 aromatic rings. The van der Waals surface area contributed by atoms with Crippen molar-refractivity contribution in [2.45, 2.75) is 85.5 Å². The minimum atomic E-state index is -0.558. The lowest BCUT2D eigenvalue weighted by Gasteiger charge is -2.34. The van der Waals surface area contributed by atoms with Gasteiger partial charge < -0.3 is 24.8 Å². The van der Waals surface area contributed by atoms with Crippen LogP contribution in [0.3, 0.4) is 0 Å². The van der Waals surface area contributed by atoms with Gasteiger partial charge in [-0.2, -0.15) is 0 Å². The van der Waals surface area contributed by atoms with E-state index in [9.17, 15) is 15.3 Å². The second-order valence-electron chi connectivity index (χ2n) is 10.4. The number of aliphatic hydroxyl groups is 3. The minimum Gasteiger partial charge on any atom is -0.491 e. The van der Waals surface area contributed by atoms with Crippen molar-refractivity contribution in [1.29, 1.82) is 0 Å². The molecule has 0 aliphatic rings.